The smallest absolute Gasteiger partial charge is 0.237 e. The number of piperazine rings is 1. The van der Waals surface area contributed by atoms with E-state index in [1.54, 1.807) is 0 Å². The van der Waals surface area contributed by atoms with Gasteiger partial charge in [0.05, 0.1) is 12.5 Å². The number of nitrogens with zero attached hydrogens (tertiary/aromatic N) is 2. The molecule has 1 unspecified atom stereocenters. The molecule has 2 heterocycles. The van der Waals surface area contributed by atoms with Gasteiger partial charge >= 0.3 is 0 Å². The van der Waals surface area contributed by atoms with E-state index in [1.165, 1.54) is 22.8 Å². The number of piperidine rings is 1. The predicted octanol–water partition coefficient (Wildman–Crippen LogP) is 2.52. The van der Waals surface area contributed by atoms with Gasteiger partial charge in [-0.05, 0) is 42.1 Å². The summed E-state index contributed by atoms with van der Waals surface area (Å²) in [7, 11) is 0. The Morgan fingerprint density at radius 2 is 1.87 bits per heavy atom. The van der Waals surface area contributed by atoms with Gasteiger partial charge in [-0.25, -0.2) is 0 Å². The topological polar surface area (TPSA) is 64.7 Å². The molecule has 2 aliphatic rings. The zero-order chi connectivity index (χ0) is 21.6. The molecule has 6 heteroatoms. The van der Waals surface area contributed by atoms with Crippen LogP contribution in [0.2, 0.25) is 0 Å². The summed E-state index contributed by atoms with van der Waals surface area (Å²) in [6.07, 6.45) is 3.36. The molecule has 2 aliphatic heterocycles. The quantitative estimate of drug-likeness (QED) is 0.720. The molecule has 1 atom stereocenters. The van der Waals surface area contributed by atoms with Crippen LogP contribution in [0, 0.1) is 0 Å². The molecule has 0 aromatic heterocycles. The Hall–Kier alpha value is -2.44. The SMILES string of the molecule is CCCN1CCC(NC(=O)CC2C(=O)NCCN2Cc2cccc3ccccc23)CC1. The van der Waals surface area contributed by atoms with E-state index in [9.17, 15) is 9.59 Å². The van der Waals surface area contributed by atoms with Crippen molar-refractivity contribution in [1.82, 2.24) is 20.4 Å². The number of fused-ring (bicyclic) bond motifs is 1. The molecular weight excluding hydrogens is 388 g/mol. The van der Waals surface area contributed by atoms with Crippen LogP contribution >= 0.6 is 0 Å². The second-order valence-corrected chi connectivity index (χ2v) is 8.80. The van der Waals surface area contributed by atoms with Crippen LogP contribution in [0.4, 0.5) is 0 Å². The van der Waals surface area contributed by atoms with Crippen molar-refractivity contribution in [3.8, 4) is 0 Å². The number of nitrogens with one attached hydrogen (secondary N) is 2. The number of carbonyl (C=O) groups excluding carboxylic acids is 2. The zero-order valence-corrected chi connectivity index (χ0v) is 18.5. The van der Waals surface area contributed by atoms with Crippen LogP contribution in [-0.2, 0) is 16.1 Å². The van der Waals surface area contributed by atoms with Crippen LogP contribution in [0.1, 0.15) is 38.2 Å². The molecule has 2 saturated heterocycles. The van der Waals surface area contributed by atoms with Gasteiger partial charge in [0, 0.05) is 38.8 Å². The minimum atomic E-state index is -0.423. The lowest BCUT2D eigenvalue weighted by Crippen LogP contribution is -2.56. The van der Waals surface area contributed by atoms with E-state index in [-0.39, 0.29) is 24.3 Å². The summed E-state index contributed by atoms with van der Waals surface area (Å²) >= 11 is 0. The Morgan fingerprint density at radius 1 is 1.10 bits per heavy atom. The summed E-state index contributed by atoms with van der Waals surface area (Å²) in [5.41, 5.74) is 1.20. The highest BCUT2D eigenvalue weighted by atomic mass is 16.2. The molecule has 0 spiro atoms. The highest BCUT2D eigenvalue weighted by Gasteiger charge is 2.32. The van der Waals surface area contributed by atoms with Crippen molar-refractivity contribution in [3.05, 3.63) is 48.0 Å². The molecule has 31 heavy (non-hydrogen) atoms. The molecule has 0 bridgehead atoms. The number of likely N-dealkylation sites (tertiary alicyclic amines) is 1. The summed E-state index contributed by atoms with van der Waals surface area (Å²) in [6.45, 7) is 7.45. The molecule has 0 aliphatic carbocycles. The first kappa shape index (κ1) is 21.8. The maximum absolute atomic E-state index is 12.8. The number of rotatable bonds is 7. The highest BCUT2D eigenvalue weighted by molar-refractivity contribution is 5.89. The number of hydrogen-bond donors (Lipinski definition) is 2. The van der Waals surface area contributed by atoms with Gasteiger partial charge in [-0.1, -0.05) is 49.4 Å². The van der Waals surface area contributed by atoms with Gasteiger partial charge in [-0.2, -0.15) is 0 Å². The Morgan fingerprint density at radius 3 is 2.68 bits per heavy atom. The minimum Gasteiger partial charge on any atom is -0.353 e. The number of carbonyl (C=O) groups is 2. The first-order valence-electron chi connectivity index (χ1n) is 11.6. The number of amides is 2. The molecule has 0 saturated carbocycles. The second kappa shape index (κ2) is 10.2. The summed E-state index contributed by atoms with van der Waals surface area (Å²) in [5, 5.41) is 8.54. The minimum absolute atomic E-state index is 0.0149. The molecule has 2 N–H and O–H groups in total. The van der Waals surface area contributed by atoms with Crippen molar-refractivity contribution in [3.63, 3.8) is 0 Å². The monoisotopic (exact) mass is 422 g/mol. The predicted molar refractivity (Wildman–Crippen MR) is 124 cm³/mol. The molecule has 6 nitrogen and oxygen atoms in total. The number of benzene rings is 2. The van der Waals surface area contributed by atoms with Crippen molar-refractivity contribution in [2.75, 3.05) is 32.7 Å². The lowest BCUT2D eigenvalue weighted by Gasteiger charge is -2.36. The van der Waals surface area contributed by atoms with Gasteiger partial charge in [0.25, 0.3) is 0 Å². The van der Waals surface area contributed by atoms with Gasteiger partial charge in [-0.15, -0.1) is 0 Å². The van der Waals surface area contributed by atoms with Crippen molar-refractivity contribution < 1.29 is 9.59 Å². The average Bonchev–Trinajstić information content (AvgIpc) is 2.78. The van der Waals surface area contributed by atoms with Gasteiger partial charge < -0.3 is 15.5 Å². The highest BCUT2D eigenvalue weighted by Crippen LogP contribution is 2.22. The van der Waals surface area contributed by atoms with Crippen LogP contribution < -0.4 is 10.6 Å². The van der Waals surface area contributed by atoms with E-state index in [2.05, 4.69) is 57.7 Å². The third-order valence-electron chi connectivity index (χ3n) is 6.57. The lowest BCUT2D eigenvalue weighted by atomic mass is 10.0. The second-order valence-electron chi connectivity index (χ2n) is 8.80. The van der Waals surface area contributed by atoms with E-state index in [4.69, 9.17) is 0 Å². The first-order valence-corrected chi connectivity index (χ1v) is 11.6. The Labute approximate surface area is 185 Å². The fraction of sp³-hybridized carbons (Fsp3) is 0.520. The largest absolute Gasteiger partial charge is 0.353 e. The summed E-state index contributed by atoms with van der Waals surface area (Å²) in [5.74, 6) is -0.0571. The molecular formula is C25H34N4O2. The third-order valence-corrected chi connectivity index (χ3v) is 6.57. The molecule has 0 radical (unpaired) electrons. The van der Waals surface area contributed by atoms with E-state index in [1.807, 2.05) is 12.1 Å². The zero-order valence-electron chi connectivity index (χ0n) is 18.5. The molecule has 4 rings (SSSR count). The van der Waals surface area contributed by atoms with Crippen molar-refractivity contribution in [2.45, 2.75) is 51.2 Å². The first-order chi connectivity index (χ1) is 15.1. The van der Waals surface area contributed by atoms with Crippen molar-refractivity contribution in [2.24, 2.45) is 0 Å². The van der Waals surface area contributed by atoms with Crippen molar-refractivity contribution in [1.29, 1.82) is 0 Å². The molecule has 2 amide bonds. The lowest BCUT2D eigenvalue weighted by molar-refractivity contribution is -0.134. The third kappa shape index (κ3) is 5.43. The maximum Gasteiger partial charge on any atom is 0.237 e. The van der Waals surface area contributed by atoms with E-state index >= 15 is 0 Å². The van der Waals surface area contributed by atoms with E-state index in [0.717, 1.165) is 39.0 Å². The summed E-state index contributed by atoms with van der Waals surface area (Å²) in [6, 6.07) is 14.4. The standard InChI is InChI=1S/C25H34N4O2/c1-2-13-28-14-10-21(11-15-28)27-24(30)17-23-25(31)26-12-16-29(23)18-20-8-5-7-19-6-3-4-9-22(19)20/h3-9,21,23H,2,10-18H2,1H3,(H,26,31)(H,27,30). The molecule has 166 valence electrons. The van der Waals surface area contributed by atoms with Crippen LogP contribution in [-0.4, -0.2) is 66.4 Å². The molecule has 2 aromatic rings. The fourth-order valence-electron chi connectivity index (χ4n) is 4.90. The Kier molecular flexibility index (Phi) is 7.20. The maximum atomic E-state index is 12.8. The Balaban J connectivity index is 1.38. The van der Waals surface area contributed by atoms with Gasteiger partial charge in [0.2, 0.25) is 11.8 Å². The van der Waals surface area contributed by atoms with Gasteiger partial charge in [-0.3, -0.25) is 14.5 Å². The van der Waals surface area contributed by atoms with E-state index in [0.29, 0.717) is 13.1 Å². The van der Waals surface area contributed by atoms with Crippen molar-refractivity contribution >= 4 is 22.6 Å². The summed E-state index contributed by atoms with van der Waals surface area (Å²) < 4.78 is 0. The fourth-order valence-corrected chi connectivity index (χ4v) is 4.90. The van der Waals surface area contributed by atoms with E-state index < -0.39 is 6.04 Å². The van der Waals surface area contributed by atoms with Gasteiger partial charge in [0.15, 0.2) is 0 Å². The molecule has 2 fully saturated rings. The number of hydrogen-bond acceptors (Lipinski definition) is 4. The average molecular weight is 423 g/mol. The Bertz CT molecular complexity index is 902. The van der Waals surface area contributed by atoms with Gasteiger partial charge in [0.1, 0.15) is 0 Å². The van der Waals surface area contributed by atoms with Crippen LogP contribution in [0.15, 0.2) is 42.5 Å². The normalized spacial score (nSPS) is 21.2. The van der Waals surface area contributed by atoms with Crippen LogP contribution in [0.25, 0.3) is 10.8 Å². The van der Waals surface area contributed by atoms with Crippen LogP contribution in [0.3, 0.4) is 0 Å². The van der Waals surface area contributed by atoms with Crippen LogP contribution in [0.5, 0.6) is 0 Å². The summed E-state index contributed by atoms with van der Waals surface area (Å²) in [4.78, 5) is 30.1. The molecule has 2 aromatic carbocycles.